The Balaban J connectivity index is 1.59. The average molecular weight is 406 g/mol. The minimum absolute atomic E-state index is 0.290. The summed E-state index contributed by atoms with van der Waals surface area (Å²) in [7, 11) is 0. The second kappa shape index (κ2) is 8.34. The van der Waals surface area contributed by atoms with Crippen LogP contribution in [0.5, 0.6) is 0 Å². The Morgan fingerprint density at radius 1 is 1.20 bits per heavy atom. The predicted molar refractivity (Wildman–Crippen MR) is 114 cm³/mol. The lowest BCUT2D eigenvalue weighted by atomic mass is 9.97. The van der Waals surface area contributed by atoms with E-state index in [1.165, 1.54) is 0 Å². The number of anilines is 3. The van der Waals surface area contributed by atoms with Crippen LogP contribution in [-0.2, 0) is 4.74 Å². The van der Waals surface area contributed by atoms with Crippen LogP contribution in [0.1, 0.15) is 15.9 Å². The summed E-state index contributed by atoms with van der Waals surface area (Å²) in [6.07, 6.45) is 1.60. The van der Waals surface area contributed by atoms with Crippen molar-refractivity contribution in [2.75, 3.05) is 36.5 Å². The van der Waals surface area contributed by atoms with Gasteiger partial charge in [-0.3, -0.25) is 9.59 Å². The summed E-state index contributed by atoms with van der Waals surface area (Å²) in [5, 5.41) is 11.5. The highest BCUT2D eigenvalue weighted by Crippen LogP contribution is 2.26. The highest BCUT2D eigenvalue weighted by molar-refractivity contribution is 5.96. The fraction of sp³-hybridized carbons (Fsp3) is 0.238. The van der Waals surface area contributed by atoms with Crippen molar-refractivity contribution < 1.29 is 9.53 Å². The predicted octanol–water partition coefficient (Wildman–Crippen LogP) is 1.82. The number of amides is 1. The maximum atomic E-state index is 12.3. The molecule has 1 aliphatic heterocycles. The number of benzene rings is 1. The number of aromatic amines is 1. The molecule has 1 aromatic carbocycles. The van der Waals surface area contributed by atoms with Gasteiger partial charge in [-0.15, -0.1) is 10.2 Å². The van der Waals surface area contributed by atoms with Crippen molar-refractivity contribution in [2.24, 2.45) is 5.73 Å². The van der Waals surface area contributed by atoms with Crippen LogP contribution >= 0.6 is 0 Å². The zero-order chi connectivity index (χ0) is 21.1. The lowest BCUT2D eigenvalue weighted by molar-refractivity contribution is 0.0999. The molecular formula is C21H22N6O3. The molecule has 9 nitrogen and oxygen atoms in total. The van der Waals surface area contributed by atoms with Crippen molar-refractivity contribution in [3.05, 3.63) is 64.1 Å². The van der Waals surface area contributed by atoms with Crippen molar-refractivity contribution in [3.63, 3.8) is 0 Å². The molecule has 0 radical (unpaired) electrons. The number of ether oxygens (including phenoxy) is 1. The minimum Gasteiger partial charge on any atom is -0.378 e. The first kappa shape index (κ1) is 19.6. The van der Waals surface area contributed by atoms with E-state index in [2.05, 4.69) is 25.4 Å². The number of H-pyrrole nitrogens is 1. The summed E-state index contributed by atoms with van der Waals surface area (Å²) in [6.45, 7) is 4.70. The van der Waals surface area contributed by atoms with Crippen LogP contribution in [-0.4, -0.2) is 47.4 Å². The van der Waals surface area contributed by atoms with E-state index in [1.807, 2.05) is 19.1 Å². The molecule has 0 saturated carbocycles. The van der Waals surface area contributed by atoms with Crippen molar-refractivity contribution in [1.82, 2.24) is 15.2 Å². The summed E-state index contributed by atoms with van der Waals surface area (Å²) in [5.41, 5.74) is 8.22. The summed E-state index contributed by atoms with van der Waals surface area (Å²) >= 11 is 0. The molecule has 0 aliphatic carbocycles. The molecule has 3 aromatic rings. The van der Waals surface area contributed by atoms with E-state index in [4.69, 9.17) is 10.5 Å². The molecule has 0 unspecified atom stereocenters. The number of aromatic nitrogens is 3. The van der Waals surface area contributed by atoms with Gasteiger partial charge in [0, 0.05) is 30.4 Å². The fourth-order valence-corrected chi connectivity index (χ4v) is 3.44. The Kier molecular flexibility index (Phi) is 5.44. The first-order chi connectivity index (χ1) is 14.5. The monoisotopic (exact) mass is 406 g/mol. The van der Waals surface area contributed by atoms with Crippen LogP contribution in [0.25, 0.3) is 11.1 Å². The number of morpholine rings is 1. The third kappa shape index (κ3) is 4.01. The van der Waals surface area contributed by atoms with E-state index in [0.717, 1.165) is 35.6 Å². The summed E-state index contributed by atoms with van der Waals surface area (Å²) in [6, 6.07) is 10.7. The number of rotatable bonds is 5. The Bertz CT molecular complexity index is 1120. The van der Waals surface area contributed by atoms with Crippen molar-refractivity contribution in [1.29, 1.82) is 0 Å². The normalized spacial score (nSPS) is 13.8. The Morgan fingerprint density at radius 3 is 2.70 bits per heavy atom. The molecule has 0 bridgehead atoms. The molecule has 1 fully saturated rings. The van der Waals surface area contributed by atoms with E-state index < -0.39 is 5.91 Å². The van der Waals surface area contributed by atoms with Crippen molar-refractivity contribution >= 4 is 23.2 Å². The van der Waals surface area contributed by atoms with Crippen LogP contribution < -0.4 is 21.5 Å². The number of nitrogens with zero attached hydrogens (tertiary/aromatic N) is 3. The Hall–Kier alpha value is -3.72. The van der Waals surface area contributed by atoms with Crippen molar-refractivity contribution in [3.8, 4) is 11.1 Å². The molecule has 3 heterocycles. The molecule has 1 aliphatic rings. The number of nitrogens with two attached hydrogens (primary N) is 1. The molecule has 4 rings (SSSR count). The third-order valence-electron chi connectivity index (χ3n) is 5.06. The molecule has 0 spiro atoms. The van der Waals surface area contributed by atoms with E-state index in [-0.39, 0.29) is 5.56 Å². The van der Waals surface area contributed by atoms with E-state index in [0.29, 0.717) is 30.3 Å². The minimum atomic E-state index is -0.493. The number of primary amides is 1. The van der Waals surface area contributed by atoms with Gasteiger partial charge in [-0.2, -0.15) is 0 Å². The van der Waals surface area contributed by atoms with Crippen LogP contribution in [0.3, 0.4) is 0 Å². The molecule has 1 saturated heterocycles. The molecule has 4 N–H and O–H groups in total. The van der Waals surface area contributed by atoms with Gasteiger partial charge in [0.1, 0.15) is 5.69 Å². The number of hydrogen-bond acceptors (Lipinski definition) is 7. The first-order valence-electron chi connectivity index (χ1n) is 9.59. The molecule has 154 valence electrons. The Labute approximate surface area is 172 Å². The van der Waals surface area contributed by atoms with E-state index in [1.54, 1.807) is 30.5 Å². The number of carbonyl (C=O) groups excluding carboxylic acids is 1. The zero-order valence-electron chi connectivity index (χ0n) is 16.5. The number of pyridine rings is 1. The summed E-state index contributed by atoms with van der Waals surface area (Å²) in [4.78, 5) is 28.8. The fourth-order valence-electron chi connectivity index (χ4n) is 3.44. The van der Waals surface area contributed by atoms with Gasteiger partial charge in [-0.1, -0.05) is 12.1 Å². The van der Waals surface area contributed by atoms with Gasteiger partial charge in [-0.25, -0.2) is 0 Å². The topological polar surface area (TPSA) is 126 Å². The number of carbonyl (C=O) groups is 1. The van der Waals surface area contributed by atoms with Gasteiger partial charge in [-0.05, 0) is 42.3 Å². The highest BCUT2D eigenvalue weighted by Gasteiger charge is 2.14. The standard InChI is InChI=1S/C21H22N6O3/c1-13-15(3-2-4-16(13)20(22)28)14-11-17(21(29)23-12-14)24-18-5-6-19(26-25-18)27-7-9-30-10-8-27/h2-6,11-12H,7-10H2,1H3,(H2,22,28)(H,23,29)(H,24,25). The van der Waals surface area contributed by atoms with Gasteiger partial charge in [0.15, 0.2) is 11.6 Å². The first-order valence-corrected chi connectivity index (χ1v) is 9.59. The van der Waals surface area contributed by atoms with E-state index >= 15 is 0 Å². The molecule has 0 atom stereocenters. The van der Waals surface area contributed by atoms with Gasteiger partial charge >= 0.3 is 0 Å². The SMILES string of the molecule is Cc1c(C(N)=O)cccc1-c1c[nH]c(=O)c(Nc2ccc(N3CCOCC3)nn2)c1. The second-order valence-electron chi connectivity index (χ2n) is 6.97. The summed E-state index contributed by atoms with van der Waals surface area (Å²) < 4.78 is 5.35. The summed E-state index contributed by atoms with van der Waals surface area (Å²) in [5.74, 6) is 0.732. The lowest BCUT2D eigenvalue weighted by Crippen LogP contribution is -2.36. The largest absolute Gasteiger partial charge is 0.378 e. The number of hydrogen-bond donors (Lipinski definition) is 3. The highest BCUT2D eigenvalue weighted by atomic mass is 16.5. The van der Waals surface area contributed by atoms with Gasteiger partial charge in [0.2, 0.25) is 5.91 Å². The van der Waals surface area contributed by atoms with Gasteiger partial charge in [0.25, 0.3) is 5.56 Å². The zero-order valence-corrected chi connectivity index (χ0v) is 16.5. The lowest BCUT2D eigenvalue weighted by Gasteiger charge is -2.27. The molecular weight excluding hydrogens is 384 g/mol. The van der Waals surface area contributed by atoms with Gasteiger partial charge < -0.3 is 25.7 Å². The maximum absolute atomic E-state index is 12.3. The smallest absolute Gasteiger partial charge is 0.271 e. The number of nitrogens with one attached hydrogen (secondary N) is 2. The van der Waals surface area contributed by atoms with Crippen LogP contribution in [0.15, 0.2) is 47.4 Å². The van der Waals surface area contributed by atoms with E-state index in [9.17, 15) is 9.59 Å². The quantitative estimate of drug-likeness (QED) is 0.590. The van der Waals surface area contributed by atoms with Crippen LogP contribution in [0.2, 0.25) is 0 Å². The third-order valence-corrected chi connectivity index (χ3v) is 5.06. The molecule has 30 heavy (non-hydrogen) atoms. The Morgan fingerprint density at radius 2 is 2.00 bits per heavy atom. The van der Waals surface area contributed by atoms with Crippen LogP contribution in [0, 0.1) is 6.92 Å². The molecule has 1 amide bonds. The maximum Gasteiger partial charge on any atom is 0.271 e. The van der Waals surface area contributed by atoms with Crippen LogP contribution in [0.4, 0.5) is 17.3 Å². The van der Waals surface area contributed by atoms with Gasteiger partial charge in [0.05, 0.1) is 13.2 Å². The molecule has 9 heteroatoms. The average Bonchev–Trinajstić information content (AvgIpc) is 2.76. The second-order valence-corrected chi connectivity index (χ2v) is 6.97. The molecule has 2 aromatic heterocycles. The van der Waals surface area contributed by atoms with Crippen molar-refractivity contribution in [2.45, 2.75) is 6.92 Å².